The molecular formula is C12H10Cl2FN. The molecule has 0 N–H and O–H groups in total. The van der Waals surface area contributed by atoms with Crippen LogP contribution in [-0.2, 0) is 6.42 Å². The minimum atomic E-state index is -0.428. The van der Waals surface area contributed by atoms with Crippen molar-refractivity contribution in [3.8, 4) is 0 Å². The van der Waals surface area contributed by atoms with Gasteiger partial charge in [0.15, 0.2) is 5.82 Å². The molecule has 1 aromatic heterocycles. The molecule has 0 bridgehead atoms. The number of nitrogens with zero attached hydrogens (tertiary/aromatic N) is 1. The van der Waals surface area contributed by atoms with Crippen LogP contribution in [0.15, 0.2) is 18.2 Å². The summed E-state index contributed by atoms with van der Waals surface area (Å²) in [4.78, 5) is 4.25. The van der Waals surface area contributed by atoms with E-state index in [1.807, 2.05) is 6.92 Å². The molecule has 0 saturated heterocycles. The van der Waals surface area contributed by atoms with E-state index >= 15 is 0 Å². The lowest BCUT2D eigenvalue weighted by atomic mass is 10.1. The second kappa shape index (κ2) is 4.56. The summed E-state index contributed by atoms with van der Waals surface area (Å²) in [5, 5.41) is 1.39. The van der Waals surface area contributed by atoms with Gasteiger partial charge in [0.1, 0.15) is 5.52 Å². The maximum atomic E-state index is 13.6. The van der Waals surface area contributed by atoms with Gasteiger partial charge in [-0.2, -0.15) is 0 Å². The lowest BCUT2D eigenvalue weighted by Gasteiger charge is -2.05. The molecule has 0 unspecified atom stereocenters. The van der Waals surface area contributed by atoms with Crippen LogP contribution in [0.2, 0.25) is 10.0 Å². The van der Waals surface area contributed by atoms with Crippen LogP contribution in [0.5, 0.6) is 0 Å². The van der Waals surface area contributed by atoms with E-state index < -0.39 is 5.82 Å². The van der Waals surface area contributed by atoms with E-state index in [4.69, 9.17) is 23.2 Å². The molecular weight excluding hydrogens is 248 g/mol. The van der Waals surface area contributed by atoms with Crippen LogP contribution in [0.25, 0.3) is 10.9 Å². The van der Waals surface area contributed by atoms with Gasteiger partial charge in [0.25, 0.3) is 0 Å². The van der Waals surface area contributed by atoms with Crippen LogP contribution >= 0.6 is 23.2 Å². The van der Waals surface area contributed by atoms with Gasteiger partial charge in [0, 0.05) is 16.1 Å². The van der Waals surface area contributed by atoms with Crippen molar-refractivity contribution in [2.24, 2.45) is 0 Å². The van der Waals surface area contributed by atoms with Gasteiger partial charge in [-0.25, -0.2) is 9.37 Å². The van der Waals surface area contributed by atoms with Crippen molar-refractivity contribution in [3.63, 3.8) is 0 Å². The van der Waals surface area contributed by atoms with E-state index in [0.717, 1.165) is 18.5 Å². The minimum absolute atomic E-state index is 0.292. The summed E-state index contributed by atoms with van der Waals surface area (Å²) in [5.74, 6) is -0.428. The van der Waals surface area contributed by atoms with Crippen molar-refractivity contribution in [2.45, 2.75) is 19.8 Å². The van der Waals surface area contributed by atoms with Gasteiger partial charge in [0.2, 0.25) is 0 Å². The zero-order valence-corrected chi connectivity index (χ0v) is 10.2. The number of rotatable bonds is 2. The minimum Gasteiger partial charge on any atom is -0.250 e. The molecule has 0 atom stereocenters. The standard InChI is InChI=1S/C12H10Cl2FN/c1-2-3-8-6-10(14)9-4-7(13)5-11(15)12(9)16-8/h4-6H,2-3H2,1H3. The maximum Gasteiger partial charge on any atom is 0.150 e. The highest BCUT2D eigenvalue weighted by Gasteiger charge is 2.09. The number of hydrogen-bond donors (Lipinski definition) is 0. The van der Waals surface area contributed by atoms with E-state index in [0.29, 0.717) is 20.9 Å². The first kappa shape index (κ1) is 11.6. The first-order chi connectivity index (χ1) is 7.61. The lowest BCUT2D eigenvalue weighted by molar-refractivity contribution is 0.636. The molecule has 1 aromatic carbocycles. The smallest absolute Gasteiger partial charge is 0.150 e. The lowest BCUT2D eigenvalue weighted by Crippen LogP contribution is -1.93. The molecule has 0 spiro atoms. The summed E-state index contributed by atoms with van der Waals surface area (Å²) >= 11 is 11.8. The van der Waals surface area contributed by atoms with Crippen molar-refractivity contribution in [2.75, 3.05) is 0 Å². The molecule has 1 nitrogen and oxygen atoms in total. The Morgan fingerprint density at radius 3 is 2.69 bits per heavy atom. The molecule has 0 amide bonds. The van der Waals surface area contributed by atoms with E-state index in [1.54, 1.807) is 12.1 Å². The predicted molar refractivity (Wildman–Crippen MR) is 65.7 cm³/mol. The Morgan fingerprint density at radius 2 is 2.00 bits per heavy atom. The average Bonchev–Trinajstić information content (AvgIpc) is 2.20. The first-order valence-corrected chi connectivity index (χ1v) is 5.81. The molecule has 0 saturated carbocycles. The average molecular weight is 258 g/mol. The summed E-state index contributed by atoms with van der Waals surface area (Å²) in [6.45, 7) is 2.04. The van der Waals surface area contributed by atoms with E-state index in [1.165, 1.54) is 6.07 Å². The largest absolute Gasteiger partial charge is 0.250 e. The highest BCUT2D eigenvalue weighted by Crippen LogP contribution is 2.28. The third-order valence-electron chi connectivity index (χ3n) is 2.34. The van der Waals surface area contributed by atoms with Crippen molar-refractivity contribution in [3.05, 3.63) is 39.8 Å². The summed E-state index contributed by atoms with van der Waals surface area (Å²) in [7, 11) is 0. The highest BCUT2D eigenvalue weighted by molar-refractivity contribution is 6.36. The Bertz CT molecular complexity index is 540. The fourth-order valence-electron chi connectivity index (χ4n) is 1.65. The second-order valence-electron chi connectivity index (χ2n) is 3.63. The van der Waals surface area contributed by atoms with E-state index in [2.05, 4.69) is 4.98 Å². The normalized spacial score (nSPS) is 11.0. The van der Waals surface area contributed by atoms with Gasteiger partial charge in [-0.1, -0.05) is 36.5 Å². The van der Waals surface area contributed by atoms with Crippen LogP contribution in [0, 0.1) is 5.82 Å². The third-order valence-corrected chi connectivity index (χ3v) is 2.87. The van der Waals surface area contributed by atoms with Crippen molar-refractivity contribution in [1.82, 2.24) is 4.98 Å². The zero-order valence-electron chi connectivity index (χ0n) is 8.73. The monoisotopic (exact) mass is 257 g/mol. The van der Waals surface area contributed by atoms with Gasteiger partial charge in [-0.05, 0) is 24.6 Å². The summed E-state index contributed by atoms with van der Waals surface area (Å²) in [6.07, 6.45) is 1.74. The second-order valence-corrected chi connectivity index (χ2v) is 4.47. The first-order valence-electron chi connectivity index (χ1n) is 5.06. The maximum absolute atomic E-state index is 13.6. The summed E-state index contributed by atoms with van der Waals surface area (Å²) in [6, 6.07) is 4.65. The predicted octanol–water partition coefficient (Wildman–Crippen LogP) is 4.63. The van der Waals surface area contributed by atoms with Gasteiger partial charge < -0.3 is 0 Å². The van der Waals surface area contributed by atoms with Gasteiger partial charge in [-0.15, -0.1) is 0 Å². The third kappa shape index (κ3) is 2.13. The van der Waals surface area contributed by atoms with Crippen molar-refractivity contribution < 1.29 is 4.39 Å². The zero-order chi connectivity index (χ0) is 11.7. The molecule has 0 fully saturated rings. The molecule has 1 heterocycles. The molecule has 0 aliphatic carbocycles. The van der Waals surface area contributed by atoms with Gasteiger partial charge in [-0.3, -0.25) is 0 Å². The Morgan fingerprint density at radius 1 is 1.25 bits per heavy atom. The number of pyridine rings is 1. The van der Waals surface area contributed by atoms with Crippen LogP contribution in [-0.4, -0.2) is 4.98 Å². The van der Waals surface area contributed by atoms with Crippen molar-refractivity contribution in [1.29, 1.82) is 0 Å². The number of aryl methyl sites for hydroxylation is 1. The molecule has 2 rings (SSSR count). The number of hydrogen-bond acceptors (Lipinski definition) is 1. The quantitative estimate of drug-likeness (QED) is 0.765. The van der Waals surface area contributed by atoms with E-state index in [9.17, 15) is 4.39 Å². The van der Waals surface area contributed by atoms with Crippen LogP contribution in [0.1, 0.15) is 19.0 Å². The summed E-state index contributed by atoms with van der Waals surface area (Å²) in [5.41, 5.74) is 1.10. The molecule has 4 heteroatoms. The Balaban J connectivity index is 2.71. The Labute approximate surface area is 103 Å². The molecule has 0 aliphatic rings. The number of halogens is 3. The highest BCUT2D eigenvalue weighted by atomic mass is 35.5. The van der Waals surface area contributed by atoms with Crippen LogP contribution in [0.4, 0.5) is 4.39 Å². The molecule has 0 radical (unpaired) electrons. The number of benzene rings is 1. The molecule has 0 aliphatic heterocycles. The van der Waals surface area contributed by atoms with Crippen molar-refractivity contribution >= 4 is 34.1 Å². The SMILES string of the molecule is CCCc1cc(Cl)c2cc(Cl)cc(F)c2n1. The van der Waals surface area contributed by atoms with Gasteiger partial charge >= 0.3 is 0 Å². The molecule has 84 valence electrons. The number of aromatic nitrogens is 1. The van der Waals surface area contributed by atoms with Crippen LogP contribution in [0.3, 0.4) is 0 Å². The van der Waals surface area contributed by atoms with Gasteiger partial charge in [0.05, 0.1) is 5.02 Å². The fourth-order valence-corrected chi connectivity index (χ4v) is 2.12. The fraction of sp³-hybridized carbons (Fsp3) is 0.250. The van der Waals surface area contributed by atoms with E-state index in [-0.39, 0.29) is 0 Å². The Hall–Kier alpha value is -0.860. The molecule has 16 heavy (non-hydrogen) atoms. The molecule has 2 aromatic rings. The summed E-state index contributed by atoms with van der Waals surface area (Å²) < 4.78 is 13.6. The number of fused-ring (bicyclic) bond motifs is 1. The van der Waals surface area contributed by atoms with Crippen LogP contribution < -0.4 is 0 Å². The Kier molecular flexibility index (Phi) is 3.31. The topological polar surface area (TPSA) is 12.9 Å².